The van der Waals surface area contributed by atoms with Crippen molar-refractivity contribution in [2.45, 2.75) is 46.1 Å². The van der Waals surface area contributed by atoms with E-state index in [-0.39, 0.29) is 6.10 Å². The van der Waals surface area contributed by atoms with E-state index < -0.39 is 0 Å². The van der Waals surface area contributed by atoms with Crippen LogP contribution in [-0.4, -0.2) is 14.9 Å². The zero-order chi connectivity index (χ0) is 11.4. The van der Waals surface area contributed by atoms with Crippen molar-refractivity contribution in [3.8, 4) is 0 Å². The van der Waals surface area contributed by atoms with E-state index in [1.165, 1.54) is 0 Å². The first-order valence-electron chi connectivity index (χ1n) is 5.93. The van der Waals surface area contributed by atoms with Crippen LogP contribution in [0.3, 0.4) is 0 Å². The fourth-order valence-electron chi connectivity index (χ4n) is 2.16. The second-order valence-corrected chi connectivity index (χ2v) is 3.86. The zero-order valence-electron chi connectivity index (χ0n) is 10.2. The predicted molar refractivity (Wildman–Crippen MR) is 61.6 cm³/mol. The molecule has 15 heavy (non-hydrogen) atoms. The van der Waals surface area contributed by atoms with Crippen LogP contribution in [-0.2, 0) is 13.5 Å². The Kier molecular flexibility index (Phi) is 4.33. The topological polar surface area (TPSA) is 38.0 Å². The molecule has 1 aromatic heterocycles. The number of rotatable bonds is 1. The van der Waals surface area contributed by atoms with E-state index in [2.05, 4.69) is 12.0 Å². The summed E-state index contributed by atoms with van der Waals surface area (Å²) in [5, 5.41) is 14.3. The Morgan fingerprint density at radius 3 is 2.80 bits per heavy atom. The van der Waals surface area contributed by atoms with Crippen molar-refractivity contribution in [2.75, 3.05) is 0 Å². The molecule has 86 valence electrons. The summed E-state index contributed by atoms with van der Waals surface area (Å²) in [7, 11) is 1.91. The largest absolute Gasteiger partial charge is 0.388 e. The molecule has 1 heterocycles. The summed E-state index contributed by atoms with van der Waals surface area (Å²) in [5.41, 5.74) is 2.13. The van der Waals surface area contributed by atoms with Crippen molar-refractivity contribution in [3.05, 3.63) is 17.5 Å². The summed E-state index contributed by atoms with van der Waals surface area (Å²) < 4.78 is 1.80. The highest BCUT2D eigenvalue weighted by Crippen LogP contribution is 2.35. The van der Waals surface area contributed by atoms with E-state index in [1.54, 1.807) is 4.68 Å². The third-order valence-corrected chi connectivity index (χ3v) is 2.98. The summed E-state index contributed by atoms with van der Waals surface area (Å²) in [6, 6.07) is 0. The molecular weight excluding hydrogens is 188 g/mol. The molecule has 2 rings (SSSR count). The molecule has 0 aliphatic heterocycles. The highest BCUT2D eigenvalue weighted by Gasteiger charge is 2.28. The van der Waals surface area contributed by atoms with Gasteiger partial charge in [-0.05, 0) is 18.8 Å². The first-order valence-corrected chi connectivity index (χ1v) is 5.93. The van der Waals surface area contributed by atoms with Crippen LogP contribution in [0.4, 0.5) is 0 Å². The van der Waals surface area contributed by atoms with Crippen LogP contribution in [0, 0.1) is 5.92 Å². The van der Waals surface area contributed by atoms with Gasteiger partial charge in [-0.15, -0.1) is 0 Å². The summed E-state index contributed by atoms with van der Waals surface area (Å²) in [5.74, 6) is 0.427. The molecular formula is C12H22N2O. The Bertz CT molecular complexity index is 307. The monoisotopic (exact) mass is 210 g/mol. The van der Waals surface area contributed by atoms with Crippen molar-refractivity contribution in [3.63, 3.8) is 0 Å². The van der Waals surface area contributed by atoms with Gasteiger partial charge in [0.15, 0.2) is 0 Å². The molecule has 3 nitrogen and oxygen atoms in total. The predicted octanol–water partition coefficient (Wildman–Crippen LogP) is 2.45. The molecule has 0 fully saturated rings. The lowest BCUT2D eigenvalue weighted by atomic mass is 9.84. The third-order valence-electron chi connectivity index (χ3n) is 2.98. The zero-order valence-corrected chi connectivity index (χ0v) is 10.2. The van der Waals surface area contributed by atoms with E-state index in [9.17, 15) is 5.11 Å². The number of aryl methyl sites for hydroxylation is 2. The van der Waals surface area contributed by atoms with Gasteiger partial charge < -0.3 is 5.11 Å². The van der Waals surface area contributed by atoms with Crippen molar-refractivity contribution in [1.82, 2.24) is 9.78 Å². The molecule has 2 unspecified atom stereocenters. The summed E-state index contributed by atoms with van der Waals surface area (Å²) in [4.78, 5) is 0. The van der Waals surface area contributed by atoms with Crippen LogP contribution in [0.1, 0.15) is 51.0 Å². The minimum absolute atomic E-state index is 0.289. The van der Waals surface area contributed by atoms with Gasteiger partial charge in [-0.2, -0.15) is 5.10 Å². The molecule has 1 aromatic rings. The first-order chi connectivity index (χ1) is 7.22. The molecule has 0 spiro atoms. The van der Waals surface area contributed by atoms with Gasteiger partial charge >= 0.3 is 0 Å². The Labute approximate surface area is 92.1 Å². The van der Waals surface area contributed by atoms with Crippen LogP contribution < -0.4 is 0 Å². The van der Waals surface area contributed by atoms with E-state index in [4.69, 9.17) is 0 Å². The molecule has 0 saturated heterocycles. The first kappa shape index (κ1) is 12.2. The number of nitrogens with zero attached hydrogens (tertiary/aromatic N) is 2. The minimum atomic E-state index is -0.289. The van der Waals surface area contributed by atoms with Gasteiger partial charge in [-0.3, -0.25) is 4.68 Å². The second kappa shape index (κ2) is 5.31. The van der Waals surface area contributed by atoms with Gasteiger partial charge in [0.1, 0.15) is 0 Å². The fourth-order valence-corrected chi connectivity index (χ4v) is 2.16. The maximum atomic E-state index is 9.98. The van der Waals surface area contributed by atoms with Crippen LogP contribution in [0.25, 0.3) is 0 Å². The van der Waals surface area contributed by atoms with Crippen molar-refractivity contribution in [2.24, 2.45) is 13.0 Å². The number of hydrogen-bond donors (Lipinski definition) is 1. The van der Waals surface area contributed by atoms with Gasteiger partial charge in [0.05, 0.1) is 11.8 Å². The summed E-state index contributed by atoms with van der Waals surface area (Å²) in [6.45, 7) is 6.13. The molecule has 0 radical (unpaired) electrons. The van der Waals surface area contributed by atoms with E-state index >= 15 is 0 Å². The SMILES string of the molecule is CC.CCC1CCc2nn(C)cc2C1O. The average Bonchev–Trinajstić information content (AvgIpc) is 2.63. The normalized spacial score (nSPS) is 24.1. The molecule has 1 N–H and O–H groups in total. The lowest BCUT2D eigenvalue weighted by molar-refractivity contribution is 0.0912. The lowest BCUT2D eigenvalue weighted by Crippen LogP contribution is -2.18. The smallest absolute Gasteiger partial charge is 0.0851 e. The number of hydrogen-bond acceptors (Lipinski definition) is 2. The standard InChI is InChI=1S/C10H16N2O.C2H6/c1-3-7-4-5-9-8(10(7)13)6-12(2)11-9;1-2/h6-7,10,13H,3-5H2,1-2H3;1-2H3. The maximum Gasteiger partial charge on any atom is 0.0851 e. The Balaban J connectivity index is 0.000000531. The highest BCUT2D eigenvalue weighted by atomic mass is 16.3. The number of fused-ring (bicyclic) bond motifs is 1. The van der Waals surface area contributed by atoms with Crippen LogP contribution in [0.15, 0.2) is 6.20 Å². The summed E-state index contributed by atoms with van der Waals surface area (Å²) in [6.07, 6.45) is 4.80. The van der Waals surface area contributed by atoms with Crippen molar-refractivity contribution in [1.29, 1.82) is 0 Å². The Morgan fingerprint density at radius 1 is 1.53 bits per heavy atom. The van der Waals surface area contributed by atoms with Crippen molar-refractivity contribution < 1.29 is 5.11 Å². The van der Waals surface area contributed by atoms with E-state index in [0.29, 0.717) is 5.92 Å². The Hall–Kier alpha value is -0.830. The highest BCUT2D eigenvalue weighted by molar-refractivity contribution is 5.23. The molecule has 1 aliphatic carbocycles. The lowest BCUT2D eigenvalue weighted by Gasteiger charge is -2.25. The van der Waals surface area contributed by atoms with E-state index in [1.807, 2.05) is 27.1 Å². The molecule has 0 amide bonds. The quantitative estimate of drug-likeness (QED) is 0.773. The van der Waals surface area contributed by atoms with Gasteiger partial charge in [0, 0.05) is 18.8 Å². The summed E-state index contributed by atoms with van der Waals surface area (Å²) >= 11 is 0. The van der Waals surface area contributed by atoms with Gasteiger partial charge in [-0.1, -0.05) is 27.2 Å². The Morgan fingerprint density at radius 2 is 2.20 bits per heavy atom. The van der Waals surface area contributed by atoms with Crippen LogP contribution >= 0.6 is 0 Å². The van der Waals surface area contributed by atoms with Gasteiger partial charge in [0.25, 0.3) is 0 Å². The minimum Gasteiger partial charge on any atom is -0.388 e. The fraction of sp³-hybridized carbons (Fsp3) is 0.750. The van der Waals surface area contributed by atoms with E-state index in [0.717, 1.165) is 30.5 Å². The molecule has 2 atom stereocenters. The second-order valence-electron chi connectivity index (χ2n) is 3.86. The molecule has 0 saturated carbocycles. The number of aliphatic hydroxyl groups excluding tert-OH is 1. The third kappa shape index (κ3) is 2.40. The van der Waals surface area contributed by atoms with Gasteiger partial charge in [0.2, 0.25) is 0 Å². The van der Waals surface area contributed by atoms with Crippen LogP contribution in [0.2, 0.25) is 0 Å². The van der Waals surface area contributed by atoms with Gasteiger partial charge in [-0.25, -0.2) is 0 Å². The van der Waals surface area contributed by atoms with Crippen molar-refractivity contribution >= 4 is 0 Å². The molecule has 0 aromatic carbocycles. The van der Waals surface area contributed by atoms with Crippen LogP contribution in [0.5, 0.6) is 0 Å². The molecule has 0 bridgehead atoms. The average molecular weight is 210 g/mol. The maximum absolute atomic E-state index is 9.98. The number of aromatic nitrogens is 2. The molecule has 3 heteroatoms. The molecule has 1 aliphatic rings. The number of aliphatic hydroxyl groups is 1.